The number of nitrogens with zero attached hydrogens (tertiary/aromatic N) is 1. The molecule has 2 heterocycles. The minimum absolute atomic E-state index is 0.00758. The van der Waals surface area contributed by atoms with E-state index >= 15 is 0 Å². The molecule has 0 radical (unpaired) electrons. The second-order valence-electron chi connectivity index (χ2n) is 5.87. The molecule has 0 amide bonds. The number of rotatable bonds is 6. The third-order valence-corrected chi connectivity index (χ3v) is 4.19. The highest BCUT2D eigenvalue weighted by Gasteiger charge is 2.21. The number of hydrogen-bond donors (Lipinski definition) is 0. The lowest BCUT2D eigenvalue weighted by Gasteiger charge is -2.15. The number of aryl methyl sites for hydroxylation is 2. The molecule has 1 saturated heterocycles. The summed E-state index contributed by atoms with van der Waals surface area (Å²) in [4.78, 5) is 12.6. The van der Waals surface area contributed by atoms with Crippen molar-refractivity contribution < 1.29 is 23.5 Å². The van der Waals surface area contributed by atoms with Crippen LogP contribution in [0.2, 0.25) is 0 Å². The highest BCUT2D eigenvalue weighted by atomic mass is 16.6. The van der Waals surface area contributed by atoms with Gasteiger partial charge in [0.25, 0.3) is 0 Å². The Hall–Kier alpha value is -2.34. The van der Waals surface area contributed by atoms with E-state index in [2.05, 4.69) is 5.16 Å². The number of methoxy groups -OCH3 is 1. The lowest BCUT2D eigenvalue weighted by molar-refractivity contribution is 0.0991. The van der Waals surface area contributed by atoms with Gasteiger partial charge in [-0.2, -0.15) is 0 Å². The number of hydrogen-bond acceptors (Lipinski definition) is 6. The summed E-state index contributed by atoms with van der Waals surface area (Å²) >= 11 is 0. The Morgan fingerprint density at radius 3 is 2.79 bits per heavy atom. The number of ketones is 1. The SMILES string of the molecule is COc1ccc(C(=O)Cc2c(C)noc2C)cc1OC1CCOC1. The molecule has 1 aliphatic heterocycles. The van der Waals surface area contributed by atoms with Gasteiger partial charge in [0.1, 0.15) is 11.9 Å². The molecule has 1 unspecified atom stereocenters. The van der Waals surface area contributed by atoms with Crippen LogP contribution >= 0.6 is 0 Å². The smallest absolute Gasteiger partial charge is 0.167 e. The van der Waals surface area contributed by atoms with Crippen LogP contribution in [0.3, 0.4) is 0 Å². The van der Waals surface area contributed by atoms with Crippen molar-refractivity contribution in [3.63, 3.8) is 0 Å². The molecule has 6 heteroatoms. The molecule has 0 saturated carbocycles. The summed E-state index contributed by atoms with van der Waals surface area (Å²) < 4.78 is 21.7. The van der Waals surface area contributed by atoms with Gasteiger partial charge in [-0.15, -0.1) is 0 Å². The molecule has 1 fully saturated rings. The highest BCUT2D eigenvalue weighted by Crippen LogP contribution is 2.31. The van der Waals surface area contributed by atoms with Gasteiger partial charge in [0.2, 0.25) is 0 Å². The van der Waals surface area contributed by atoms with Crippen LogP contribution in [0.15, 0.2) is 22.7 Å². The average molecular weight is 331 g/mol. The van der Waals surface area contributed by atoms with Crippen molar-refractivity contribution in [2.24, 2.45) is 0 Å². The molecular weight excluding hydrogens is 310 g/mol. The van der Waals surface area contributed by atoms with E-state index < -0.39 is 0 Å². The van der Waals surface area contributed by atoms with E-state index in [1.165, 1.54) is 0 Å². The highest BCUT2D eigenvalue weighted by molar-refractivity contribution is 5.98. The first kappa shape index (κ1) is 16.5. The summed E-state index contributed by atoms with van der Waals surface area (Å²) in [6, 6.07) is 5.24. The van der Waals surface area contributed by atoms with E-state index in [4.69, 9.17) is 18.7 Å². The van der Waals surface area contributed by atoms with Crippen molar-refractivity contribution >= 4 is 5.78 Å². The molecule has 1 aliphatic rings. The standard InChI is InChI=1S/C18H21NO5/c1-11-15(12(2)24-19-11)9-16(20)13-4-5-17(21-3)18(8-13)23-14-6-7-22-10-14/h4-5,8,14H,6-7,9-10H2,1-3H3. The maximum atomic E-state index is 12.6. The van der Waals surface area contributed by atoms with E-state index in [1.807, 2.05) is 13.8 Å². The fraction of sp³-hybridized carbons (Fsp3) is 0.444. The van der Waals surface area contributed by atoms with Crippen LogP contribution in [0.1, 0.15) is 33.8 Å². The van der Waals surface area contributed by atoms with Crippen LogP contribution in [0.25, 0.3) is 0 Å². The minimum Gasteiger partial charge on any atom is -0.493 e. The monoisotopic (exact) mass is 331 g/mol. The van der Waals surface area contributed by atoms with Gasteiger partial charge in [-0.3, -0.25) is 4.79 Å². The number of aromatic nitrogens is 1. The summed E-state index contributed by atoms with van der Waals surface area (Å²) in [5, 5.41) is 3.89. The average Bonchev–Trinajstić information content (AvgIpc) is 3.20. The second kappa shape index (κ2) is 7.05. The molecule has 0 N–H and O–H groups in total. The van der Waals surface area contributed by atoms with Crippen LogP contribution < -0.4 is 9.47 Å². The Morgan fingerprint density at radius 1 is 1.33 bits per heavy atom. The van der Waals surface area contributed by atoms with Crippen molar-refractivity contribution in [3.05, 3.63) is 40.8 Å². The quantitative estimate of drug-likeness (QED) is 0.758. The van der Waals surface area contributed by atoms with Gasteiger partial charge < -0.3 is 18.7 Å². The summed E-state index contributed by atoms with van der Waals surface area (Å²) in [5.41, 5.74) is 2.15. The van der Waals surface area contributed by atoms with E-state index in [0.717, 1.165) is 17.7 Å². The van der Waals surface area contributed by atoms with Crippen LogP contribution in [0.5, 0.6) is 11.5 Å². The van der Waals surface area contributed by atoms with E-state index in [0.29, 0.717) is 36.0 Å². The molecule has 1 aromatic carbocycles. The maximum absolute atomic E-state index is 12.6. The molecular formula is C18H21NO5. The first-order valence-corrected chi connectivity index (χ1v) is 7.96. The summed E-state index contributed by atoms with van der Waals surface area (Å²) in [5.74, 6) is 1.84. The minimum atomic E-state index is -0.0143. The largest absolute Gasteiger partial charge is 0.493 e. The normalized spacial score (nSPS) is 17.0. The summed E-state index contributed by atoms with van der Waals surface area (Å²) in [6.45, 7) is 4.89. The van der Waals surface area contributed by atoms with Crippen LogP contribution in [-0.2, 0) is 11.2 Å². The van der Waals surface area contributed by atoms with Crippen LogP contribution in [-0.4, -0.2) is 37.4 Å². The topological polar surface area (TPSA) is 70.8 Å². The van der Waals surface area contributed by atoms with Gasteiger partial charge in [-0.25, -0.2) is 0 Å². The number of benzene rings is 1. The number of ether oxygens (including phenoxy) is 3. The van der Waals surface area contributed by atoms with Crippen molar-refractivity contribution in [2.45, 2.75) is 32.8 Å². The Morgan fingerprint density at radius 2 is 2.17 bits per heavy atom. The second-order valence-corrected chi connectivity index (χ2v) is 5.87. The maximum Gasteiger partial charge on any atom is 0.167 e. The van der Waals surface area contributed by atoms with Crippen molar-refractivity contribution in [3.8, 4) is 11.5 Å². The molecule has 128 valence electrons. The van der Waals surface area contributed by atoms with Gasteiger partial charge in [0.05, 0.1) is 26.0 Å². The third-order valence-electron chi connectivity index (χ3n) is 4.19. The van der Waals surface area contributed by atoms with E-state index in [1.54, 1.807) is 25.3 Å². The molecule has 1 aromatic heterocycles. The van der Waals surface area contributed by atoms with Crippen molar-refractivity contribution in [1.82, 2.24) is 5.16 Å². The van der Waals surface area contributed by atoms with Gasteiger partial charge in [0.15, 0.2) is 17.3 Å². The molecule has 0 bridgehead atoms. The molecule has 0 spiro atoms. The van der Waals surface area contributed by atoms with Crippen molar-refractivity contribution in [2.75, 3.05) is 20.3 Å². The van der Waals surface area contributed by atoms with Crippen LogP contribution in [0.4, 0.5) is 0 Å². The fourth-order valence-corrected chi connectivity index (χ4v) is 2.74. The molecule has 3 rings (SSSR count). The predicted molar refractivity (Wildman–Crippen MR) is 86.9 cm³/mol. The lowest BCUT2D eigenvalue weighted by Crippen LogP contribution is -2.16. The van der Waals surface area contributed by atoms with Gasteiger partial charge in [-0.05, 0) is 32.0 Å². The van der Waals surface area contributed by atoms with Gasteiger partial charge in [0, 0.05) is 24.0 Å². The van der Waals surface area contributed by atoms with Crippen molar-refractivity contribution in [1.29, 1.82) is 0 Å². The van der Waals surface area contributed by atoms with Gasteiger partial charge in [-0.1, -0.05) is 5.16 Å². The van der Waals surface area contributed by atoms with Crippen LogP contribution in [0, 0.1) is 13.8 Å². The molecule has 2 aromatic rings. The Labute approximate surface area is 140 Å². The third kappa shape index (κ3) is 3.43. The first-order valence-electron chi connectivity index (χ1n) is 7.96. The lowest BCUT2D eigenvalue weighted by atomic mass is 10.0. The number of carbonyl (C=O) groups excluding carboxylic acids is 1. The van der Waals surface area contributed by atoms with E-state index in [-0.39, 0.29) is 18.3 Å². The molecule has 24 heavy (non-hydrogen) atoms. The number of carbonyl (C=O) groups is 1. The zero-order chi connectivity index (χ0) is 17.1. The Balaban J connectivity index is 1.81. The zero-order valence-electron chi connectivity index (χ0n) is 14.1. The first-order chi connectivity index (χ1) is 11.6. The zero-order valence-corrected chi connectivity index (χ0v) is 14.1. The molecule has 1 atom stereocenters. The number of Topliss-reactive ketones (excluding diaryl/α,β-unsaturated/α-hetero) is 1. The molecule has 0 aliphatic carbocycles. The van der Waals surface area contributed by atoms with E-state index in [9.17, 15) is 4.79 Å². The molecule has 6 nitrogen and oxygen atoms in total. The predicted octanol–water partition coefficient (Wildman–Crippen LogP) is 2.89. The van der Waals surface area contributed by atoms with Gasteiger partial charge >= 0.3 is 0 Å². The Bertz CT molecular complexity index is 712. The summed E-state index contributed by atoms with van der Waals surface area (Å²) in [6.07, 6.45) is 1.08. The Kier molecular flexibility index (Phi) is 4.85. The summed E-state index contributed by atoms with van der Waals surface area (Å²) in [7, 11) is 1.58. The fourth-order valence-electron chi connectivity index (χ4n) is 2.74.